The molecule has 1 heterocycles. The number of nitrogens with one attached hydrogen (secondary N) is 1. The third kappa shape index (κ3) is 4.74. The van der Waals surface area contributed by atoms with Crippen LogP contribution >= 0.6 is 11.3 Å². The summed E-state index contributed by atoms with van der Waals surface area (Å²) in [6.45, 7) is 5.08. The molecule has 0 unspecified atom stereocenters. The van der Waals surface area contributed by atoms with E-state index >= 15 is 0 Å². The van der Waals surface area contributed by atoms with E-state index in [-0.39, 0.29) is 5.56 Å². The Morgan fingerprint density at radius 1 is 1.43 bits per heavy atom. The Balaban J connectivity index is 2.06. The Bertz CT molecular complexity index is 668. The van der Waals surface area contributed by atoms with Gasteiger partial charge in [0, 0.05) is 4.88 Å². The van der Waals surface area contributed by atoms with E-state index in [1.807, 2.05) is 13.8 Å². The number of carbonyl (C=O) groups is 1. The molecule has 0 aliphatic carbocycles. The van der Waals surface area contributed by atoms with E-state index < -0.39 is 11.7 Å². The zero-order valence-electron chi connectivity index (χ0n) is 13.2. The molecule has 0 saturated heterocycles. The van der Waals surface area contributed by atoms with Crippen molar-refractivity contribution in [3.8, 4) is 5.75 Å². The molecule has 0 radical (unpaired) electrons. The standard InChI is InChI=1S/C16H20FN3O2S/c1-10-11(2)23-15(20-10)9-19-16(21)13-8-12(17)4-5-14(13)22-7-3-6-18/h4-5,8H,3,6-7,9,18H2,1-2H3,(H,19,21). The molecule has 124 valence electrons. The number of aryl methyl sites for hydroxylation is 2. The van der Waals surface area contributed by atoms with Gasteiger partial charge >= 0.3 is 0 Å². The first-order valence-corrected chi connectivity index (χ1v) is 8.16. The molecule has 5 nitrogen and oxygen atoms in total. The maximum atomic E-state index is 13.4. The summed E-state index contributed by atoms with van der Waals surface area (Å²) in [5, 5.41) is 3.57. The van der Waals surface area contributed by atoms with Gasteiger partial charge in [0.25, 0.3) is 5.91 Å². The minimum absolute atomic E-state index is 0.173. The van der Waals surface area contributed by atoms with Crippen LogP contribution in [0, 0.1) is 19.7 Å². The molecule has 1 amide bonds. The minimum atomic E-state index is -0.484. The van der Waals surface area contributed by atoms with E-state index in [0.717, 1.165) is 15.6 Å². The zero-order chi connectivity index (χ0) is 16.8. The first-order chi connectivity index (χ1) is 11.0. The maximum absolute atomic E-state index is 13.4. The number of rotatable bonds is 7. The Kier molecular flexibility index (Phi) is 6.06. The molecular weight excluding hydrogens is 317 g/mol. The fraction of sp³-hybridized carbons (Fsp3) is 0.375. The number of aromatic nitrogens is 1. The van der Waals surface area contributed by atoms with Crippen LogP contribution in [0.15, 0.2) is 18.2 Å². The van der Waals surface area contributed by atoms with Crippen molar-refractivity contribution in [3.63, 3.8) is 0 Å². The highest BCUT2D eigenvalue weighted by Gasteiger charge is 2.15. The van der Waals surface area contributed by atoms with Crippen LogP contribution in [0.25, 0.3) is 0 Å². The average molecular weight is 337 g/mol. The fourth-order valence-corrected chi connectivity index (χ4v) is 2.81. The van der Waals surface area contributed by atoms with Gasteiger partial charge in [-0.25, -0.2) is 9.37 Å². The van der Waals surface area contributed by atoms with Gasteiger partial charge in [-0.2, -0.15) is 0 Å². The zero-order valence-corrected chi connectivity index (χ0v) is 14.0. The Morgan fingerprint density at radius 3 is 2.87 bits per heavy atom. The van der Waals surface area contributed by atoms with Crippen molar-refractivity contribution in [2.75, 3.05) is 13.2 Å². The lowest BCUT2D eigenvalue weighted by atomic mass is 10.2. The van der Waals surface area contributed by atoms with Crippen LogP contribution in [-0.2, 0) is 6.54 Å². The van der Waals surface area contributed by atoms with Crippen molar-refractivity contribution in [1.82, 2.24) is 10.3 Å². The molecule has 0 saturated carbocycles. The van der Waals surface area contributed by atoms with Crippen LogP contribution in [-0.4, -0.2) is 24.0 Å². The SMILES string of the molecule is Cc1nc(CNC(=O)c2cc(F)ccc2OCCCN)sc1C. The lowest BCUT2D eigenvalue weighted by Gasteiger charge is -2.11. The number of thiazole rings is 1. The summed E-state index contributed by atoms with van der Waals surface area (Å²) in [6, 6.07) is 3.89. The molecule has 0 bridgehead atoms. The van der Waals surface area contributed by atoms with Crippen LogP contribution in [0.3, 0.4) is 0 Å². The smallest absolute Gasteiger partial charge is 0.255 e. The van der Waals surface area contributed by atoms with Crippen LogP contribution in [0.1, 0.15) is 32.4 Å². The predicted molar refractivity (Wildman–Crippen MR) is 88.3 cm³/mol. The van der Waals surface area contributed by atoms with Gasteiger partial charge in [-0.1, -0.05) is 0 Å². The molecule has 0 fully saturated rings. The van der Waals surface area contributed by atoms with Crippen molar-refractivity contribution >= 4 is 17.2 Å². The highest BCUT2D eigenvalue weighted by molar-refractivity contribution is 7.11. The number of benzene rings is 1. The van der Waals surface area contributed by atoms with E-state index in [2.05, 4.69) is 10.3 Å². The van der Waals surface area contributed by atoms with Crippen molar-refractivity contribution in [1.29, 1.82) is 0 Å². The van der Waals surface area contributed by atoms with Crippen molar-refractivity contribution in [2.24, 2.45) is 5.73 Å². The lowest BCUT2D eigenvalue weighted by Crippen LogP contribution is -2.23. The molecule has 2 rings (SSSR count). The monoisotopic (exact) mass is 337 g/mol. The summed E-state index contributed by atoms with van der Waals surface area (Å²) in [5.41, 5.74) is 6.54. The Morgan fingerprint density at radius 2 is 2.22 bits per heavy atom. The molecule has 0 atom stereocenters. The topological polar surface area (TPSA) is 77.2 Å². The largest absolute Gasteiger partial charge is 0.493 e. The quantitative estimate of drug-likeness (QED) is 0.761. The second-order valence-corrected chi connectivity index (χ2v) is 6.35. The van der Waals surface area contributed by atoms with E-state index in [1.165, 1.54) is 29.5 Å². The maximum Gasteiger partial charge on any atom is 0.255 e. The number of hydrogen-bond donors (Lipinski definition) is 2. The van der Waals surface area contributed by atoms with Crippen LogP contribution in [0.2, 0.25) is 0 Å². The molecular formula is C16H20FN3O2S. The van der Waals surface area contributed by atoms with E-state index in [0.29, 0.717) is 31.9 Å². The van der Waals surface area contributed by atoms with Gasteiger partial charge in [0.2, 0.25) is 0 Å². The molecule has 0 aliphatic rings. The second-order valence-electron chi connectivity index (χ2n) is 5.06. The minimum Gasteiger partial charge on any atom is -0.493 e. The van der Waals surface area contributed by atoms with E-state index in [4.69, 9.17) is 10.5 Å². The van der Waals surface area contributed by atoms with Gasteiger partial charge < -0.3 is 15.8 Å². The van der Waals surface area contributed by atoms with Gasteiger partial charge in [0.05, 0.1) is 24.4 Å². The number of nitrogens with zero attached hydrogens (tertiary/aromatic N) is 1. The summed E-state index contributed by atoms with van der Waals surface area (Å²) in [4.78, 5) is 17.8. The summed E-state index contributed by atoms with van der Waals surface area (Å²) >= 11 is 1.53. The molecule has 3 N–H and O–H groups in total. The number of nitrogens with two attached hydrogens (primary N) is 1. The van der Waals surface area contributed by atoms with Crippen LogP contribution in [0.5, 0.6) is 5.75 Å². The van der Waals surface area contributed by atoms with Gasteiger partial charge in [-0.05, 0) is 45.0 Å². The van der Waals surface area contributed by atoms with Gasteiger partial charge in [-0.15, -0.1) is 11.3 Å². The number of halogens is 1. The Hall–Kier alpha value is -1.99. The third-order valence-corrected chi connectivity index (χ3v) is 4.34. The third-order valence-electron chi connectivity index (χ3n) is 3.27. The van der Waals surface area contributed by atoms with E-state index in [1.54, 1.807) is 0 Å². The second kappa shape index (κ2) is 8.03. The molecule has 2 aromatic rings. The summed E-state index contributed by atoms with van der Waals surface area (Å²) in [7, 11) is 0. The summed E-state index contributed by atoms with van der Waals surface area (Å²) in [5.74, 6) is -0.524. The molecule has 0 aliphatic heterocycles. The van der Waals surface area contributed by atoms with Crippen molar-refractivity contribution in [2.45, 2.75) is 26.8 Å². The number of hydrogen-bond acceptors (Lipinski definition) is 5. The summed E-state index contributed by atoms with van der Waals surface area (Å²) in [6.07, 6.45) is 0.663. The number of ether oxygens (including phenoxy) is 1. The van der Waals surface area contributed by atoms with Crippen LogP contribution < -0.4 is 15.8 Å². The lowest BCUT2D eigenvalue weighted by molar-refractivity contribution is 0.0946. The predicted octanol–water partition coefficient (Wildman–Crippen LogP) is 2.56. The molecule has 1 aromatic carbocycles. The normalized spacial score (nSPS) is 10.6. The fourth-order valence-electron chi connectivity index (χ4n) is 1.94. The first-order valence-electron chi connectivity index (χ1n) is 7.34. The highest BCUT2D eigenvalue weighted by atomic mass is 32.1. The number of carbonyl (C=O) groups excluding carboxylic acids is 1. The molecule has 0 spiro atoms. The van der Waals surface area contributed by atoms with Crippen molar-refractivity contribution < 1.29 is 13.9 Å². The number of amides is 1. The van der Waals surface area contributed by atoms with E-state index in [9.17, 15) is 9.18 Å². The van der Waals surface area contributed by atoms with Crippen LogP contribution in [0.4, 0.5) is 4.39 Å². The molecule has 7 heteroatoms. The average Bonchev–Trinajstić information content (AvgIpc) is 2.85. The molecule has 23 heavy (non-hydrogen) atoms. The summed E-state index contributed by atoms with van der Waals surface area (Å²) < 4.78 is 19.0. The highest BCUT2D eigenvalue weighted by Crippen LogP contribution is 2.21. The Labute approximate surface area is 138 Å². The van der Waals surface area contributed by atoms with Gasteiger partial charge in [0.1, 0.15) is 16.6 Å². The van der Waals surface area contributed by atoms with Gasteiger partial charge in [0.15, 0.2) is 0 Å². The first kappa shape index (κ1) is 17.4. The van der Waals surface area contributed by atoms with Crippen molar-refractivity contribution in [3.05, 3.63) is 45.2 Å². The van der Waals surface area contributed by atoms with Gasteiger partial charge in [-0.3, -0.25) is 4.79 Å². The molecule has 1 aromatic heterocycles.